The molecule has 0 bridgehead atoms. The average molecular weight is 300 g/mol. The molecule has 1 N–H and O–H groups in total. The first kappa shape index (κ1) is 14.7. The average Bonchev–Trinajstić information content (AvgIpc) is 2.38. The number of benzene rings is 1. The van der Waals surface area contributed by atoms with Crippen LogP contribution in [0.25, 0.3) is 0 Å². The second kappa shape index (κ2) is 7.16. The van der Waals surface area contributed by atoms with Crippen LogP contribution in [-0.2, 0) is 11.2 Å². The first-order valence-corrected chi connectivity index (χ1v) is 7.62. The molecular weight excluding hydrogens is 281 g/mol. The van der Waals surface area contributed by atoms with Gasteiger partial charge in [0.25, 0.3) is 0 Å². The predicted octanol–water partition coefficient (Wildman–Crippen LogP) is 3.80. The minimum Gasteiger partial charge on any atom is -0.355 e. The van der Waals surface area contributed by atoms with Crippen LogP contribution in [0.3, 0.4) is 0 Å². The molecule has 0 aromatic heterocycles. The number of nitrogens with one attached hydrogen (secondary N) is 1. The van der Waals surface area contributed by atoms with Crippen LogP contribution in [0.5, 0.6) is 0 Å². The van der Waals surface area contributed by atoms with Crippen LogP contribution >= 0.6 is 23.2 Å². The van der Waals surface area contributed by atoms with Gasteiger partial charge in [-0.2, -0.15) is 0 Å². The number of hydrogen-bond donors (Lipinski definition) is 1. The van der Waals surface area contributed by atoms with E-state index in [4.69, 9.17) is 23.2 Å². The number of hydrogen-bond acceptors (Lipinski definition) is 1. The largest absolute Gasteiger partial charge is 0.355 e. The first-order chi connectivity index (χ1) is 9.15. The highest BCUT2D eigenvalue weighted by molar-refractivity contribution is 6.30. The summed E-state index contributed by atoms with van der Waals surface area (Å²) in [4.78, 5) is 11.9. The van der Waals surface area contributed by atoms with Gasteiger partial charge in [0.1, 0.15) is 0 Å². The third kappa shape index (κ3) is 4.70. The Morgan fingerprint density at radius 1 is 1.32 bits per heavy atom. The van der Waals surface area contributed by atoms with Gasteiger partial charge in [-0.3, -0.25) is 4.79 Å². The number of carbonyl (C=O) groups excluding carboxylic acids is 1. The normalized spacial score (nSPS) is 23.1. The Balaban J connectivity index is 1.78. The lowest BCUT2D eigenvalue weighted by molar-refractivity contribution is -0.120. The van der Waals surface area contributed by atoms with E-state index >= 15 is 0 Å². The molecule has 2 rings (SSSR count). The summed E-state index contributed by atoms with van der Waals surface area (Å²) in [6.45, 7) is 0.688. The van der Waals surface area contributed by atoms with Gasteiger partial charge in [0.15, 0.2) is 0 Å². The molecule has 0 heterocycles. The molecule has 1 saturated carbocycles. The van der Waals surface area contributed by atoms with Crippen molar-refractivity contribution in [3.05, 3.63) is 34.9 Å². The fourth-order valence-electron chi connectivity index (χ4n) is 2.53. The van der Waals surface area contributed by atoms with Crippen molar-refractivity contribution in [2.45, 2.75) is 37.5 Å². The van der Waals surface area contributed by atoms with Crippen molar-refractivity contribution in [3.63, 3.8) is 0 Å². The summed E-state index contributed by atoms with van der Waals surface area (Å²) < 4.78 is 0. The zero-order valence-electron chi connectivity index (χ0n) is 10.9. The number of alkyl halides is 1. The van der Waals surface area contributed by atoms with E-state index in [0.717, 1.165) is 18.4 Å². The van der Waals surface area contributed by atoms with Crippen LogP contribution in [0.1, 0.15) is 31.2 Å². The Labute approximate surface area is 124 Å². The number of carbonyl (C=O) groups is 1. The van der Waals surface area contributed by atoms with Crippen molar-refractivity contribution in [2.24, 2.45) is 5.92 Å². The molecule has 4 heteroatoms. The van der Waals surface area contributed by atoms with Crippen LogP contribution in [-0.4, -0.2) is 17.8 Å². The first-order valence-electron chi connectivity index (χ1n) is 6.80. The Morgan fingerprint density at radius 3 is 2.84 bits per heavy atom. The molecule has 0 aliphatic heterocycles. The molecule has 0 spiro atoms. The number of amides is 1. The standard InChI is InChI=1S/C15H19Cl2NO/c16-13-6-3-4-11(8-13)9-15(19)18-10-12-5-1-2-7-14(12)17/h3-4,6,8,12,14H,1-2,5,7,9-10H2,(H,18,19). The molecule has 1 aliphatic rings. The van der Waals surface area contributed by atoms with E-state index in [9.17, 15) is 4.79 Å². The van der Waals surface area contributed by atoms with Gasteiger partial charge in [0.05, 0.1) is 6.42 Å². The van der Waals surface area contributed by atoms with Gasteiger partial charge in [0, 0.05) is 16.9 Å². The van der Waals surface area contributed by atoms with Crippen LogP contribution < -0.4 is 5.32 Å². The summed E-state index contributed by atoms with van der Waals surface area (Å²) in [6.07, 6.45) is 4.99. The van der Waals surface area contributed by atoms with Crippen LogP contribution in [0, 0.1) is 5.92 Å². The molecule has 1 aromatic carbocycles. The minimum absolute atomic E-state index is 0.0386. The fraction of sp³-hybridized carbons (Fsp3) is 0.533. The maximum absolute atomic E-state index is 11.9. The molecular formula is C15H19Cl2NO. The van der Waals surface area contributed by atoms with E-state index in [0.29, 0.717) is 23.9 Å². The second-order valence-corrected chi connectivity index (χ2v) is 6.17. The van der Waals surface area contributed by atoms with E-state index in [1.165, 1.54) is 12.8 Å². The predicted molar refractivity (Wildman–Crippen MR) is 79.8 cm³/mol. The van der Waals surface area contributed by atoms with Gasteiger partial charge in [-0.05, 0) is 36.5 Å². The number of halogens is 2. The van der Waals surface area contributed by atoms with Crippen molar-refractivity contribution in [1.82, 2.24) is 5.32 Å². The smallest absolute Gasteiger partial charge is 0.224 e. The molecule has 1 fully saturated rings. The maximum atomic E-state index is 11.9. The SMILES string of the molecule is O=C(Cc1cccc(Cl)c1)NCC1CCCCC1Cl. The summed E-state index contributed by atoms with van der Waals surface area (Å²) in [5.41, 5.74) is 0.941. The Bertz CT molecular complexity index is 436. The van der Waals surface area contributed by atoms with Crippen molar-refractivity contribution in [3.8, 4) is 0 Å². The van der Waals surface area contributed by atoms with Gasteiger partial charge in [-0.1, -0.05) is 36.6 Å². The third-order valence-electron chi connectivity index (χ3n) is 3.63. The molecule has 2 unspecified atom stereocenters. The Kier molecular flexibility index (Phi) is 5.53. The Hall–Kier alpha value is -0.730. The molecule has 2 nitrogen and oxygen atoms in total. The topological polar surface area (TPSA) is 29.1 Å². The zero-order valence-corrected chi connectivity index (χ0v) is 12.4. The lowest BCUT2D eigenvalue weighted by Gasteiger charge is -2.27. The van der Waals surface area contributed by atoms with Gasteiger partial charge < -0.3 is 5.32 Å². The summed E-state index contributed by atoms with van der Waals surface area (Å²) in [5, 5.41) is 3.86. The molecule has 19 heavy (non-hydrogen) atoms. The lowest BCUT2D eigenvalue weighted by Crippen LogP contribution is -2.35. The monoisotopic (exact) mass is 299 g/mol. The van der Waals surface area contributed by atoms with Crippen molar-refractivity contribution >= 4 is 29.1 Å². The van der Waals surface area contributed by atoms with E-state index < -0.39 is 0 Å². The molecule has 1 aliphatic carbocycles. The van der Waals surface area contributed by atoms with Gasteiger partial charge in [0.2, 0.25) is 5.91 Å². The quantitative estimate of drug-likeness (QED) is 0.842. The fourth-order valence-corrected chi connectivity index (χ4v) is 3.11. The van der Waals surface area contributed by atoms with E-state index in [2.05, 4.69) is 5.32 Å². The van der Waals surface area contributed by atoms with Crippen LogP contribution in [0.2, 0.25) is 5.02 Å². The minimum atomic E-state index is 0.0386. The highest BCUT2D eigenvalue weighted by Gasteiger charge is 2.23. The molecule has 104 valence electrons. The summed E-state index contributed by atoms with van der Waals surface area (Å²) in [6, 6.07) is 7.41. The molecule has 1 amide bonds. The molecule has 0 saturated heterocycles. The van der Waals surface area contributed by atoms with Gasteiger partial charge >= 0.3 is 0 Å². The zero-order chi connectivity index (χ0) is 13.7. The highest BCUT2D eigenvalue weighted by Crippen LogP contribution is 2.27. The highest BCUT2D eigenvalue weighted by atomic mass is 35.5. The maximum Gasteiger partial charge on any atom is 0.224 e. The summed E-state index contributed by atoms with van der Waals surface area (Å²) in [5.74, 6) is 0.454. The Morgan fingerprint density at radius 2 is 2.11 bits per heavy atom. The lowest BCUT2D eigenvalue weighted by atomic mass is 9.88. The molecule has 0 radical (unpaired) electrons. The van der Waals surface area contributed by atoms with Crippen molar-refractivity contribution in [2.75, 3.05) is 6.54 Å². The third-order valence-corrected chi connectivity index (χ3v) is 4.44. The summed E-state index contributed by atoms with van der Waals surface area (Å²) >= 11 is 12.2. The van der Waals surface area contributed by atoms with Crippen LogP contribution in [0.4, 0.5) is 0 Å². The van der Waals surface area contributed by atoms with E-state index in [1.807, 2.05) is 24.3 Å². The number of rotatable bonds is 4. The van der Waals surface area contributed by atoms with E-state index in [-0.39, 0.29) is 11.3 Å². The van der Waals surface area contributed by atoms with Crippen molar-refractivity contribution < 1.29 is 4.79 Å². The van der Waals surface area contributed by atoms with Gasteiger partial charge in [-0.25, -0.2) is 0 Å². The van der Waals surface area contributed by atoms with Gasteiger partial charge in [-0.15, -0.1) is 11.6 Å². The second-order valence-electron chi connectivity index (χ2n) is 5.17. The van der Waals surface area contributed by atoms with Crippen LogP contribution in [0.15, 0.2) is 24.3 Å². The van der Waals surface area contributed by atoms with Crippen molar-refractivity contribution in [1.29, 1.82) is 0 Å². The molecule has 2 atom stereocenters. The van der Waals surface area contributed by atoms with E-state index in [1.54, 1.807) is 0 Å². The summed E-state index contributed by atoms with van der Waals surface area (Å²) in [7, 11) is 0. The molecule has 1 aromatic rings.